The van der Waals surface area contributed by atoms with E-state index < -0.39 is 0 Å². The number of nitrogens with zero attached hydrogens (tertiary/aromatic N) is 3. The zero-order valence-corrected chi connectivity index (χ0v) is 12.5. The third-order valence-corrected chi connectivity index (χ3v) is 4.47. The molecule has 1 unspecified atom stereocenters. The van der Waals surface area contributed by atoms with Gasteiger partial charge in [0.25, 0.3) is 0 Å². The normalized spacial score (nSPS) is 24.0. The summed E-state index contributed by atoms with van der Waals surface area (Å²) in [6.45, 7) is 5.15. The maximum Gasteiger partial charge on any atom is 0.236 e. The summed E-state index contributed by atoms with van der Waals surface area (Å²) in [5.74, 6) is 0.283. The molecule has 1 aromatic rings. The molecule has 2 aliphatic heterocycles. The molecule has 1 aromatic heterocycles. The summed E-state index contributed by atoms with van der Waals surface area (Å²) >= 11 is 0. The second-order valence-electron chi connectivity index (χ2n) is 5.92. The second kappa shape index (κ2) is 7.00. The molecule has 2 fully saturated rings. The molecule has 0 aliphatic carbocycles. The molecule has 3 rings (SSSR count). The van der Waals surface area contributed by atoms with E-state index in [0.29, 0.717) is 6.54 Å². The molecule has 5 nitrogen and oxygen atoms in total. The third kappa shape index (κ3) is 3.60. The summed E-state index contributed by atoms with van der Waals surface area (Å²) in [6.07, 6.45) is 7.27. The highest BCUT2D eigenvalue weighted by molar-refractivity contribution is 5.78. The van der Waals surface area contributed by atoms with Crippen LogP contribution in [0, 0.1) is 0 Å². The molecule has 0 saturated carbocycles. The highest BCUT2D eigenvalue weighted by Gasteiger charge is 2.27. The summed E-state index contributed by atoms with van der Waals surface area (Å²) in [5.41, 5.74) is 1.19. The van der Waals surface area contributed by atoms with Crippen LogP contribution in [0.15, 0.2) is 24.5 Å². The predicted molar refractivity (Wildman–Crippen MR) is 81.9 cm³/mol. The molecule has 1 amide bonds. The Hall–Kier alpha value is -1.46. The molecule has 0 radical (unpaired) electrons. The van der Waals surface area contributed by atoms with Crippen molar-refractivity contribution in [2.75, 3.05) is 39.3 Å². The average Bonchev–Trinajstić information content (AvgIpc) is 2.57. The first kappa shape index (κ1) is 14.5. The van der Waals surface area contributed by atoms with E-state index in [1.165, 1.54) is 12.0 Å². The Morgan fingerprint density at radius 1 is 1.29 bits per heavy atom. The van der Waals surface area contributed by atoms with Crippen molar-refractivity contribution in [3.63, 3.8) is 0 Å². The van der Waals surface area contributed by atoms with Gasteiger partial charge in [-0.2, -0.15) is 0 Å². The van der Waals surface area contributed by atoms with E-state index in [4.69, 9.17) is 0 Å². The Balaban J connectivity index is 1.65. The Bertz CT molecular complexity index is 459. The SMILES string of the molecule is O=C(CN1CCNCC1c1cccnc1)N1CCCCC1. The lowest BCUT2D eigenvalue weighted by Gasteiger charge is -2.37. The van der Waals surface area contributed by atoms with Gasteiger partial charge in [-0.05, 0) is 30.9 Å². The van der Waals surface area contributed by atoms with Crippen LogP contribution in [0.4, 0.5) is 0 Å². The highest BCUT2D eigenvalue weighted by Crippen LogP contribution is 2.21. The van der Waals surface area contributed by atoms with Crippen LogP contribution in [0.3, 0.4) is 0 Å². The van der Waals surface area contributed by atoms with Crippen molar-refractivity contribution in [2.24, 2.45) is 0 Å². The fourth-order valence-electron chi connectivity index (χ4n) is 3.25. The van der Waals surface area contributed by atoms with Gasteiger partial charge in [-0.1, -0.05) is 6.07 Å². The van der Waals surface area contributed by atoms with Crippen LogP contribution in [0.2, 0.25) is 0 Å². The van der Waals surface area contributed by atoms with E-state index >= 15 is 0 Å². The standard InChI is InChI=1S/C16H24N4O/c21-16(19-8-2-1-3-9-19)13-20-10-7-18-12-15(20)14-5-4-6-17-11-14/h4-6,11,15,18H,1-3,7-10,12-13H2. The van der Waals surface area contributed by atoms with Crippen LogP contribution in [-0.4, -0.2) is 60.0 Å². The minimum atomic E-state index is 0.251. The van der Waals surface area contributed by atoms with Gasteiger partial charge in [-0.25, -0.2) is 0 Å². The van der Waals surface area contributed by atoms with E-state index in [-0.39, 0.29) is 11.9 Å². The number of carbonyl (C=O) groups is 1. The number of piperazine rings is 1. The maximum atomic E-state index is 12.5. The average molecular weight is 288 g/mol. The Kier molecular flexibility index (Phi) is 4.83. The fraction of sp³-hybridized carbons (Fsp3) is 0.625. The maximum absolute atomic E-state index is 12.5. The molecule has 1 atom stereocenters. The van der Waals surface area contributed by atoms with Crippen LogP contribution < -0.4 is 5.32 Å². The fourth-order valence-corrected chi connectivity index (χ4v) is 3.25. The van der Waals surface area contributed by atoms with Gasteiger partial charge in [0.1, 0.15) is 0 Å². The number of carbonyl (C=O) groups excluding carboxylic acids is 1. The van der Waals surface area contributed by atoms with Crippen LogP contribution in [0.5, 0.6) is 0 Å². The first-order valence-corrected chi connectivity index (χ1v) is 7.97. The van der Waals surface area contributed by atoms with Crippen molar-refractivity contribution in [3.8, 4) is 0 Å². The first-order chi connectivity index (χ1) is 10.3. The Morgan fingerprint density at radius 2 is 2.14 bits per heavy atom. The monoisotopic (exact) mass is 288 g/mol. The molecule has 0 aromatic carbocycles. The molecule has 21 heavy (non-hydrogen) atoms. The molecule has 0 bridgehead atoms. The summed E-state index contributed by atoms with van der Waals surface area (Å²) < 4.78 is 0. The zero-order chi connectivity index (χ0) is 14.5. The lowest BCUT2D eigenvalue weighted by molar-refractivity contribution is -0.134. The van der Waals surface area contributed by atoms with E-state index in [1.807, 2.05) is 17.2 Å². The van der Waals surface area contributed by atoms with Crippen molar-refractivity contribution >= 4 is 5.91 Å². The smallest absolute Gasteiger partial charge is 0.236 e. The van der Waals surface area contributed by atoms with Crippen molar-refractivity contribution in [1.29, 1.82) is 0 Å². The van der Waals surface area contributed by atoms with Crippen LogP contribution >= 0.6 is 0 Å². The van der Waals surface area contributed by atoms with Gasteiger partial charge < -0.3 is 10.2 Å². The number of amides is 1. The molecular weight excluding hydrogens is 264 g/mol. The Morgan fingerprint density at radius 3 is 2.90 bits per heavy atom. The van der Waals surface area contributed by atoms with Crippen molar-refractivity contribution in [1.82, 2.24) is 20.1 Å². The molecule has 2 saturated heterocycles. The minimum absolute atomic E-state index is 0.251. The quantitative estimate of drug-likeness (QED) is 0.903. The molecule has 3 heterocycles. The number of aromatic nitrogens is 1. The van der Waals surface area contributed by atoms with Crippen LogP contribution in [0.1, 0.15) is 30.9 Å². The minimum Gasteiger partial charge on any atom is -0.342 e. The van der Waals surface area contributed by atoms with Gasteiger partial charge in [0.05, 0.1) is 6.54 Å². The highest BCUT2D eigenvalue weighted by atomic mass is 16.2. The summed E-state index contributed by atoms with van der Waals surface area (Å²) in [4.78, 5) is 21.0. The number of piperidine rings is 1. The second-order valence-corrected chi connectivity index (χ2v) is 5.92. The molecule has 0 spiro atoms. The number of hydrogen-bond donors (Lipinski definition) is 1. The van der Waals surface area contributed by atoms with Gasteiger partial charge in [0.2, 0.25) is 5.91 Å². The third-order valence-electron chi connectivity index (χ3n) is 4.47. The summed E-state index contributed by atoms with van der Waals surface area (Å²) in [7, 11) is 0. The van der Waals surface area contributed by atoms with Gasteiger partial charge in [0, 0.05) is 51.2 Å². The number of hydrogen-bond acceptors (Lipinski definition) is 4. The van der Waals surface area contributed by atoms with Crippen molar-refractivity contribution in [3.05, 3.63) is 30.1 Å². The van der Waals surface area contributed by atoms with Gasteiger partial charge in [-0.3, -0.25) is 14.7 Å². The largest absolute Gasteiger partial charge is 0.342 e. The molecular formula is C16H24N4O. The molecule has 1 N–H and O–H groups in total. The molecule has 114 valence electrons. The van der Waals surface area contributed by atoms with E-state index in [9.17, 15) is 4.79 Å². The number of nitrogens with one attached hydrogen (secondary N) is 1. The van der Waals surface area contributed by atoms with E-state index in [2.05, 4.69) is 21.3 Å². The first-order valence-electron chi connectivity index (χ1n) is 7.97. The van der Waals surface area contributed by atoms with Crippen molar-refractivity contribution in [2.45, 2.75) is 25.3 Å². The van der Waals surface area contributed by atoms with Gasteiger partial charge in [0.15, 0.2) is 0 Å². The topological polar surface area (TPSA) is 48.5 Å². The Labute approximate surface area is 126 Å². The van der Waals surface area contributed by atoms with E-state index in [0.717, 1.165) is 45.6 Å². The zero-order valence-electron chi connectivity index (χ0n) is 12.5. The van der Waals surface area contributed by atoms with Crippen LogP contribution in [-0.2, 0) is 4.79 Å². The number of rotatable bonds is 3. The molecule has 2 aliphatic rings. The van der Waals surface area contributed by atoms with Crippen molar-refractivity contribution < 1.29 is 4.79 Å². The summed E-state index contributed by atoms with van der Waals surface area (Å²) in [6, 6.07) is 4.32. The number of likely N-dealkylation sites (tertiary alicyclic amines) is 1. The summed E-state index contributed by atoms with van der Waals surface area (Å²) in [5, 5.41) is 3.42. The lowest BCUT2D eigenvalue weighted by atomic mass is 10.1. The molecule has 5 heteroatoms. The predicted octanol–water partition coefficient (Wildman–Crippen LogP) is 1.04. The van der Waals surface area contributed by atoms with Gasteiger partial charge in [-0.15, -0.1) is 0 Å². The number of pyridine rings is 1. The van der Waals surface area contributed by atoms with E-state index in [1.54, 1.807) is 6.20 Å². The van der Waals surface area contributed by atoms with Crippen LogP contribution in [0.25, 0.3) is 0 Å². The van der Waals surface area contributed by atoms with Gasteiger partial charge >= 0.3 is 0 Å². The lowest BCUT2D eigenvalue weighted by Crippen LogP contribution is -2.50.